The van der Waals surface area contributed by atoms with Crippen LogP contribution in [0.2, 0.25) is 10.0 Å². The van der Waals surface area contributed by atoms with E-state index in [0.29, 0.717) is 38.2 Å². The van der Waals surface area contributed by atoms with Crippen LogP contribution in [0, 0.1) is 10.1 Å². The van der Waals surface area contributed by atoms with Crippen LogP contribution in [0.3, 0.4) is 0 Å². The van der Waals surface area contributed by atoms with E-state index in [1.54, 1.807) is 42.5 Å². The van der Waals surface area contributed by atoms with E-state index in [1.807, 2.05) is 6.92 Å². The van der Waals surface area contributed by atoms with E-state index in [-0.39, 0.29) is 24.0 Å². The number of benzene rings is 3. The van der Waals surface area contributed by atoms with Gasteiger partial charge < -0.3 is 9.47 Å². The van der Waals surface area contributed by atoms with Gasteiger partial charge in [-0.1, -0.05) is 29.3 Å². The van der Waals surface area contributed by atoms with E-state index in [9.17, 15) is 14.9 Å². The third-order valence-corrected chi connectivity index (χ3v) is 6.86. The number of hydrazone groups is 1. The molecule has 8 nitrogen and oxygen atoms in total. The van der Waals surface area contributed by atoms with Gasteiger partial charge in [0.05, 0.1) is 23.5 Å². The Morgan fingerprint density at radius 1 is 1.14 bits per heavy atom. The molecule has 3 aromatic carbocycles. The third kappa shape index (κ3) is 8.12. The normalized spacial score (nSPS) is 10.9. The molecular formula is C24H20BrCl2N3O5S. The van der Waals surface area contributed by atoms with Crippen LogP contribution in [-0.2, 0) is 11.4 Å². The Labute approximate surface area is 230 Å². The number of rotatable bonds is 11. The van der Waals surface area contributed by atoms with Gasteiger partial charge in [0.2, 0.25) is 5.91 Å². The quantitative estimate of drug-likeness (QED) is 0.109. The van der Waals surface area contributed by atoms with Crippen molar-refractivity contribution in [2.75, 3.05) is 12.4 Å². The number of hydrogen-bond donors (Lipinski definition) is 1. The number of thioether (sulfide) groups is 1. The SMILES string of the molecule is CCOc1cc(/C=N\NC(=O)CSc2ccc([N+](=O)[O-])cc2)c(Br)cc1OCc1ccc(Cl)cc1Cl. The lowest BCUT2D eigenvalue weighted by Crippen LogP contribution is -2.19. The van der Waals surface area contributed by atoms with Crippen molar-refractivity contribution < 1.29 is 19.2 Å². The number of hydrogen-bond acceptors (Lipinski definition) is 7. The molecule has 0 aromatic heterocycles. The zero-order valence-corrected chi connectivity index (χ0v) is 22.8. The van der Waals surface area contributed by atoms with E-state index < -0.39 is 4.92 Å². The molecule has 0 bridgehead atoms. The van der Waals surface area contributed by atoms with Crippen molar-refractivity contribution in [1.29, 1.82) is 0 Å². The Balaban J connectivity index is 1.60. The summed E-state index contributed by atoms with van der Waals surface area (Å²) < 4.78 is 12.3. The largest absolute Gasteiger partial charge is 0.490 e. The molecule has 0 aliphatic carbocycles. The number of carbonyl (C=O) groups is 1. The monoisotopic (exact) mass is 611 g/mol. The second-order valence-corrected chi connectivity index (χ2v) is 9.86. The van der Waals surface area contributed by atoms with Crippen molar-refractivity contribution in [2.45, 2.75) is 18.4 Å². The first-order valence-corrected chi connectivity index (χ1v) is 13.0. The second kappa shape index (κ2) is 13.5. The third-order valence-electron chi connectivity index (χ3n) is 4.57. The van der Waals surface area contributed by atoms with Crippen LogP contribution in [-0.4, -0.2) is 29.4 Å². The highest BCUT2D eigenvalue weighted by Crippen LogP contribution is 2.34. The van der Waals surface area contributed by atoms with Gasteiger partial charge in [-0.15, -0.1) is 11.8 Å². The number of nitro groups is 1. The molecular weight excluding hydrogens is 593 g/mol. The summed E-state index contributed by atoms with van der Waals surface area (Å²) in [6, 6.07) is 14.7. The lowest BCUT2D eigenvalue weighted by atomic mass is 10.2. The Hall–Kier alpha value is -2.79. The van der Waals surface area contributed by atoms with Gasteiger partial charge in [0.1, 0.15) is 6.61 Å². The van der Waals surface area contributed by atoms with Crippen molar-refractivity contribution in [3.8, 4) is 11.5 Å². The van der Waals surface area contributed by atoms with Crippen LogP contribution in [0.15, 0.2) is 69.1 Å². The summed E-state index contributed by atoms with van der Waals surface area (Å²) in [6.07, 6.45) is 1.49. The van der Waals surface area contributed by atoms with Crippen LogP contribution >= 0.6 is 50.9 Å². The van der Waals surface area contributed by atoms with E-state index in [1.165, 1.54) is 30.1 Å². The Morgan fingerprint density at radius 2 is 1.86 bits per heavy atom. The average molecular weight is 613 g/mol. The number of halogens is 3. The number of nitro benzene ring substituents is 1. The molecule has 36 heavy (non-hydrogen) atoms. The van der Waals surface area contributed by atoms with E-state index in [4.69, 9.17) is 32.7 Å². The van der Waals surface area contributed by atoms with Crippen LogP contribution < -0.4 is 14.9 Å². The van der Waals surface area contributed by atoms with Gasteiger partial charge in [0.25, 0.3) is 5.69 Å². The fraction of sp³-hybridized carbons (Fsp3) is 0.167. The maximum absolute atomic E-state index is 12.1. The maximum Gasteiger partial charge on any atom is 0.269 e. The Kier molecular flexibility index (Phi) is 10.4. The first-order chi connectivity index (χ1) is 17.3. The smallest absolute Gasteiger partial charge is 0.269 e. The number of nitrogens with one attached hydrogen (secondary N) is 1. The van der Waals surface area contributed by atoms with Crippen molar-refractivity contribution in [2.24, 2.45) is 5.10 Å². The maximum atomic E-state index is 12.1. The number of amides is 1. The molecule has 1 amide bonds. The van der Waals surface area contributed by atoms with E-state index >= 15 is 0 Å². The summed E-state index contributed by atoms with van der Waals surface area (Å²) in [6.45, 7) is 2.50. The summed E-state index contributed by atoms with van der Waals surface area (Å²) in [7, 11) is 0. The molecule has 0 spiro atoms. The predicted molar refractivity (Wildman–Crippen MR) is 146 cm³/mol. The number of ether oxygens (including phenoxy) is 2. The highest BCUT2D eigenvalue weighted by atomic mass is 79.9. The molecule has 0 radical (unpaired) electrons. The van der Waals surface area contributed by atoms with Gasteiger partial charge in [0, 0.05) is 42.7 Å². The standard InChI is InChI=1S/C24H20BrCl2N3O5S/c1-2-34-22-9-16(20(25)11-23(22)35-13-15-3-4-17(26)10-21(15)27)12-28-29-24(31)14-36-19-7-5-18(6-8-19)30(32)33/h3-12H,2,13-14H2,1H3,(H,29,31)/b28-12-. The summed E-state index contributed by atoms with van der Waals surface area (Å²) in [5, 5.41) is 15.8. The highest BCUT2D eigenvalue weighted by Gasteiger charge is 2.12. The minimum Gasteiger partial charge on any atom is -0.490 e. The van der Waals surface area contributed by atoms with Gasteiger partial charge in [-0.25, -0.2) is 5.43 Å². The molecule has 0 unspecified atom stereocenters. The van der Waals surface area contributed by atoms with Crippen molar-refractivity contribution in [3.63, 3.8) is 0 Å². The number of nitrogens with zero attached hydrogens (tertiary/aromatic N) is 2. The van der Waals surface area contributed by atoms with Gasteiger partial charge in [0.15, 0.2) is 11.5 Å². The summed E-state index contributed by atoms with van der Waals surface area (Å²) >= 11 is 16.9. The van der Waals surface area contributed by atoms with Crippen LogP contribution in [0.4, 0.5) is 5.69 Å². The van der Waals surface area contributed by atoms with Crippen molar-refractivity contribution in [1.82, 2.24) is 5.43 Å². The molecule has 0 aliphatic heterocycles. The highest BCUT2D eigenvalue weighted by molar-refractivity contribution is 9.10. The molecule has 0 saturated heterocycles. The molecule has 12 heteroatoms. The molecule has 3 aromatic rings. The minimum absolute atomic E-state index is 0.00408. The van der Waals surface area contributed by atoms with Gasteiger partial charge >= 0.3 is 0 Å². The van der Waals surface area contributed by atoms with Crippen LogP contribution in [0.25, 0.3) is 0 Å². The Bertz CT molecular complexity index is 1280. The molecule has 0 aliphatic rings. The van der Waals surface area contributed by atoms with Crippen LogP contribution in [0.5, 0.6) is 11.5 Å². The Morgan fingerprint density at radius 3 is 2.53 bits per heavy atom. The summed E-state index contributed by atoms with van der Waals surface area (Å²) in [4.78, 5) is 23.1. The van der Waals surface area contributed by atoms with Crippen LogP contribution in [0.1, 0.15) is 18.1 Å². The second-order valence-electron chi connectivity index (χ2n) is 7.11. The average Bonchev–Trinajstić information content (AvgIpc) is 2.84. The van der Waals surface area contributed by atoms with Gasteiger partial charge in [-0.3, -0.25) is 14.9 Å². The zero-order valence-electron chi connectivity index (χ0n) is 18.9. The summed E-state index contributed by atoms with van der Waals surface area (Å²) in [5.74, 6) is 0.791. The van der Waals surface area contributed by atoms with Gasteiger partial charge in [-0.05, 0) is 59.3 Å². The number of carbonyl (C=O) groups excluding carboxylic acids is 1. The fourth-order valence-electron chi connectivity index (χ4n) is 2.84. The van der Waals surface area contributed by atoms with E-state index in [0.717, 1.165) is 10.5 Å². The molecule has 0 fully saturated rings. The molecule has 0 atom stereocenters. The lowest BCUT2D eigenvalue weighted by molar-refractivity contribution is -0.384. The topological polar surface area (TPSA) is 103 Å². The van der Waals surface area contributed by atoms with E-state index in [2.05, 4.69) is 26.5 Å². The van der Waals surface area contributed by atoms with Crippen molar-refractivity contribution >= 4 is 68.7 Å². The summed E-state index contributed by atoms with van der Waals surface area (Å²) in [5.41, 5.74) is 3.90. The number of non-ortho nitro benzene ring substituents is 1. The fourth-order valence-corrected chi connectivity index (χ4v) is 4.42. The first kappa shape index (κ1) is 27.8. The molecule has 0 saturated carbocycles. The van der Waals surface area contributed by atoms with Gasteiger partial charge in [-0.2, -0.15) is 5.10 Å². The zero-order chi connectivity index (χ0) is 26.1. The molecule has 3 rings (SSSR count). The minimum atomic E-state index is -0.473. The molecule has 188 valence electrons. The molecule has 1 N–H and O–H groups in total. The molecule has 0 heterocycles. The predicted octanol–water partition coefficient (Wildman–Crippen LogP) is 6.88. The van der Waals surface area contributed by atoms with Crippen molar-refractivity contribution in [3.05, 3.63) is 90.4 Å². The first-order valence-electron chi connectivity index (χ1n) is 10.5. The lowest BCUT2D eigenvalue weighted by Gasteiger charge is -2.14.